The van der Waals surface area contributed by atoms with Crippen LogP contribution >= 0.6 is 0 Å². The minimum atomic E-state index is -0.138. The lowest BCUT2D eigenvalue weighted by Gasteiger charge is -2.29. The molecule has 15 heavy (non-hydrogen) atoms. The van der Waals surface area contributed by atoms with Crippen LogP contribution in [0.3, 0.4) is 0 Å². The Morgan fingerprint density at radius 3 is 2.67 bits per heavy atom. The molecule has 1 aliphatic carbocycles. The van der Waals surface area contributed by atoms with Crippen molar-refractivity contribution in [3.8, 4) is 0 Å². The van der Waals surface area contributed by atoms with Gasteiger partial charge in [-0.15, -0.1) is 6.58 Å². The minimum Gasteiger partial charge on any atom is -0.351 e. The first-order valence-corrected chi connectivity index (χ1v) is 5.63. The highest BCUT2D eigenvalue weighted by Gasteiger charge is 2.38. The second-order valence-corrected chi connectivity index (χ2v) is 4.90. The summed E-state index contributed by atoms with van der Waals surface area (Å²) in [5.74, 6) is 0.774. The van der Waals surface area contributed by atoms with Crippen LogP contribution in [0.15, 0.2) is 12.7 Å². The second kappa shape index (κ2) is 4.79. The third-order valence-corrected chi connectivity index (χ3v) is 3.00. The first kappa shape index (κ1) is 12.2. The molecule has 0 aliphatic heterocycles. The Balaban J connectivity index is 2.36. The Morgan fingerprint density at radius 1 is 1.60 bits per heavy atom. The molecule has 1 saturated carbocycles. The first-order valence-electron chi connectivity index (χ1n) is 5.63. The fourth-order valence-electron chi connectivity index (χ4n) is 1.87. The van der Waals surface area contributed by atoms with Gasteiger partial charge in [-0.1, -0.05) is 6.08 Å². The van der Waals surface area contributed by atoms with Crippen molar-refractivity contribution in [2.24, 2.45) is 5.92 Å². The molecule has 86 valence electrons. The van der Waals surface area contributed by atoms with E-state index in [2.05, 4.69) is 31.1 Å². The molecule has 3 nitrogen and oxygen atoms in total. The van der Waals surface area contributed by atoms with Crippen molar-refractivity contribution in [3.05, 3.63) is 12.7 Å². The topological polar surface area (TPSA) is 41.1 Å². The maximum absolute atomic E-state index is 11.6. The average Bonchev–Trinajstić information content (AvgIpc) is 2.96. The Bertz CT molecular complexity index is 244. The van der Waals surface area contributed by atoms with Crippen LogP contribution in [0, 0.1) is 5.92 Å². The SMILES string of the molecule is C=CCNC(=O)C(C)NC(C)(C)C1CC1. The van der Waals surface area contributed by atoms with E-state index in [0.717, 1.165) is 5.92 Å². The fourth-order valence-corrected chi connectivity index (χ4v) is 1.87. The molecule has 1 amide bonds. The Hall–Kier alpha value is -0.830. The third kappa shape index (κ3) is 3.67. The molecule has 0 heterocycles. The van der Waals surface area contributed by atoms with Gasteiger partial charge in [0.15, 0.2) is 0 Å². The van der Waals surface area contributed by atoms with Crippen LogP contribution in [-0.4, -0.2) is 24.0 Å². The van der Waals surface area contributed by atoms with E-state index in [1.165, 1.54) is 12.8 Å². The number of carbonyl (C=O) groups is 1. The van der Waals surface area contributed by atoms with Crippen molar-refractivity contribution < 1.29 is 4.79 Å². The van der Waals surface area contributed by atoms with Crippen molar-refractivity contribution >= 4 is 5.91 Å². The summed E-state index contributed by atoms with van der Waals surface area (Å²) < 4.78 is 0. The van der Waals surface area contributed by atoms with Crippen LogP contribution in [0.2, 0.25) is 0 Å². The van der Waals surface area contributed by atoms with Crippen LogP contribution in [0.25, 0.3) is 0 Å². The maximum atomic E-state index is 11.6. The standard InChI is InChI=1S/C12H22N2O/c1-5-8-13-11(15)9(2)14-12(3,4)10-6-7-10/h5,9-10,14H,1,6-8H2,2-4H3,(H,13,15). The summed E-state index contributed by atoms with van der Waals surface area (Å²) in [6.07, 6.45) is 4.25. The van der Waals surface area contributed by atoms with Gasteiger partial charge in [-0.05, 0) is 39.5 Å². The van der Waals surface area contributed by atoms with Gasteiger partial charge in [0.1, 0.15) is 0 Å². The van der Waals surface area contributed by atoms with Crippen LogP contribution in [0.1, 0.15) is 33.6 Å². The molecule has 0 bridgehead atoms. The Labute approximate surface area is 92.3 Å². The van der Waals surface area contributed by atoms with E-state index in [-0.39, 0.29) is 17.5 Å². The summed E-state index contributed by atoms with van der Waals surface area (Å²) in [6, 6.07) is -0.138. The highest BCUT2D eigenvalue weighted by molar-refractivity contribution is 5.81. The molecule has 0 radical (unpaired) electrons. The number of hydrogen-bond donors (Lipinski definition) is 2. The van der Waals surface area contributed by atoms with Crippen LogP contribution in [0.5, 0.6) is 0 Å². The van der Waals surface area contributed by atoms with E-state index in [1.54, 1.807) is 6.08 Å². The second-order valence-electron chi connectivity index (χ2n) is 4.90. The molecule has 0 saturated heterocycles. The summed E-state index contributed by atoms with van der Waals surface area (Å²) in [6.45, 7) is 10.3. The molecule has 1 fully saturated rings. The Morgan fingerprint density at radius 2 is 2.20 bits per heavy atom. The number of nitrogens with one attached hydrogen (secondary N) is 2. The average molecular weight is 210 g/mol. The summed E-state index contributed by atoms with van der Waals surface area (Å²) in [5.41, 5.74) is 0.0743. The normalized spacial score (nSPS) is 18.3. The Kier molecular flexibility index (Phi) is 3.91. The van der Waals surface area contributed by atoms with Crippen molar-refractivity contribution in [1.82, 2.24) is 10.6 Å². The van der Waals surface area contributed by atoms with Gasteiger partial charge >= 0.3 is 0 Å². The fraction of sp³-hybridized carbons (Fsp3) is 0.750. The van der Waals surface area contributed by atoms with Crippen molar-refractivity contribution in [1.29, 1.82) is 0 Å². The number of carbonyl (C=O) groups excluding carboxylic acids is 1. The molecule has 0 aromatic carbocycles. The number of hydrogen-bond acceptors (Lipinski definition) is 2. The zero-order valence-electron chi connectivity index (χ0n) is 9.97. The van der Waals surface area contributed by atoms with Gasteiger partial charge in [-0.3, -0.25) is 4.79 Å². The summed E-state index contributed by atoms with van der Waals surface area (Å²) in [7, 11) is 0. The van der Waals surface area contributed by atoms with Crippen molar-refractivity contribution in [2.75, 3.05) is 6.54 Å². The van der Waals surface area contributed by atoms with E-state index in [9.17, 15) is 4.79 Å². The highest BCUT2D eigenvalue weighted by Crippen LogP contribution is 2.39. The molecular weight excluding hydrogens is 188 g/mol. The first-order chi connectivity index (χ1) is 6.97. The molecule has 1 aliphatic rings. The van der Waals surface area contributed by atoms with Gasteiger partial charge in [-0.2, -0.15) is 0 Å². The monoisotopic (exact) mass is 210 g/mol. The molecule has 1 atom stereocenters. The molecule has 0 aromatic heterocycles. The smallest absolute Gasteiger partial charge is 0.237 e. The lowest BCUT2D eigenvalue weighted by atomic mass is 9.97. The van der Waals surface area contributed by atoms with E-state index in [0.29, 0.717) is 6.54 Å². The maximum Gasteiger partial charge on any atom is 0.237 e. The van der Waals surface area contributed by atoms with Gasteiger partial charge in [0, 0.05) is 12.1 Å². The lowest BCUT2D eigenvalue weighted by Crippen LogP contribution is -2.52. The summed E-state index contributed by atoms with van der Waals surface area (Å²) >= 11 is 0. The van der Waals surface area contributed by atoms with Gasteiger partial charge in [0.05, 0.1) is 6.04 Å². The van der Waals surface area contributed by atoms with Crippen LogP contribution < -0.4 is 10.6 Å². The van der Waals surface area contributed by atoms with Gasteiger partial charge in [-0.25, -0.2) is 0 Å². The zero-order valence-corrected chi connectivity index (χ0v) is 9.97. The molecule has 1 unspecified atom stereocenters. The van der Waals surface area contributed by atoms with Gasteiger partial charge < -0.3 is 10.6 Å². The molecule has 2 N–H and O–H groups in total. The molecule has 0 aromatic rings. The quantitative estimate of drug-likeness (QED) is 0.652. The highest BCUT2D eigenvalue weighted by atomic mass is 16.2. The molecule has 1 rings (SSSR count). The number of rotatable bonds is 6. The van der Waals surface area contributed by atoms with Crippen molar-refractivity contribution in [3.63, 3.8) is 0 Å². The molecular formula is C12H22N2O. The van der Waals surface area contributed by atoms with Gasteiger partial charge in [0.25, 0.3) is 0 Å². The minimum absolute atomic E-state index is 0.0450. The summed E-state index contributed by atoms with van der Waals surface area (Å²) in [5, 5.41) is 6.18. The zero-order chi connectivity index (χ0) is 11.5. The lowest BCUT2D eigenvalue weighted by molar-refractivity contribution is -0.123. The van der Waals surface area contributed by atoms with Crippen LogP contribution in [0.4, 0.5) is 0 Å². The molecule has 0 spiro atoms. The van der Waals surface area contributed by atoms with Crippen LogP contribution in [-0.2, 0) is 4.79 Å². The van der Waals surface area contributed by atoms with Gasteiger partial charge in [0.2, 0.25) is 5.91 Å². The van der Waals surface area contributed by atoms with E-state index < -0.39 is 0 Å². The summed E-state index contributed by atoms with van der Waals surface area (Å²) in [4.78, 5) is 11.6. The van der Waals surface area contributed by atoms with E-state index in [4.69, 9.17) is 0 Å². The third-order valence-electron chi connectivity index (χ3n) is 3.00. The van der Waals surface area contributed by atoms with Crippen molar-refractivity contribution in [2.45, 2.75) is 45.2 Å². The predicted molar refractivity (Wildman–Crippen MR) is 62.6 cm³/mol. The van der Waals surface area contributed by atoms with E-state index >= 15 is 0 Å². The largest absolute Gasteiger partial charge is 0.351 e. The predicted octanol–water partition coefficient (Wildman–Crippen LogP) is 1.46. The van der Waals surface area contributed by atoms with E-state index in [1.807, 2.05) is 6.92 Å². The number of amides is 1. The molecule has 3 heteroatoms.